The molecule has 6 nitrogen and oxygen atoms in total. The van der Waals surface area contributed by atoms with Gasteiger partial charge in [0.2, 0.25) is 17.3 Å². The quantitative estimate of drug-likeness (QED) is 0.0330. The molecule has 2 N–H and O–H groups in total. The molecule has 2 aliphatic carbocycles. The fraction of sp³-hybridized carbons (Fsp3) is 0.630. The minimum absolute atomic E-state index is 0.0724. The highest BCUT2D eigenvalue weighted by atomic mass is 16.3. The van der Waals surface area contributed by atoms with Crippen molar-refractivity contribution in [1.82, 2.24) is 0 Å². The van der Waals surface area contributed by atoms with Gasteiger partial charge in [-0.1, -0.05) is 140 Å². The average molecular weight is 831 g/mol. The molecule has 0 aromatic heterocycles. The van der Waals surface area contributed by atoms with Crippen molar-refractivity contribution < 1.29 is 29.4 Å². The highest BCUT2D eigenvalue weighted by Crippen LogP contribution is 2.33. The van der Waals surface area contributed by atoms with Crippen molar-refractivity contribution in [3.63, 3.8) is 0 Å². The summed E-state index contributed by atoms with van der Waals surface area (Å²) in [7, 11) is 0. The van der Waals surface area contributed by atoms with Crippen LogP contribution >= 0.6 is 0 Å². The smallest absolute Gasteiger partial charge is 0.233 e. The molecule has 338 valence electrons. The zero-order valence-corrected chi connectivity index (χ0v) is 40.5. The van der Waals surface area contributed by atoms with Gasteiger partial charge in [0.1, 0.15) is 5.76 Å². The van der Waals surface area contributed by atoms with Gasteiger partial charge < -0.3 is 10.2 Å². The van der Waals surface area contributed by atoms with Crippen molar-refractivity contribution in [2.24, 2.45) is 11.8 Å². The van der Waals surface area contributed by atoms with E-state index in [9.17, 15) is 29.4 Å². The first kappa shape index (κ1) is 56.2. The molecule has 0 saturated heterocycles. The van der Waals surface area contributed by atoms with Crippen LogP contribution < -0.4 is 0 Å². The van der Waals surface area contributed by atoms with Crippen molar-refractivity contribution in [2.75, 3.05) is 0 Å². The summed E-state index contributed by atoms with van der Waals surface area (Å²) in [5.41, 5.74) is 7.14. The second kappa shape index (κ2) is 32.0. The van der Waals surface area contributed by atoms with Crippen LogP contribution in [0.25, 0.3) is 0 Å². The Morgan fingerprint density at radius 2 is 0.983 bits per heavy atom. The first-order chi connectivity index (χ1) is 28.3. The maximum Gasteiger partial charge on any atom is 0.233 e. The van der Waals surface area contributed by atoms with Crippen molar-refractivity contribution in [2.45, 2.75) is 212 Å². The highest BCUT2D eigenvalue weighted by molar-refractivity contribution is 6.50. The van der Waals surface area contributed by atoms with Gasteiger partial charge in [0.15, 0.2) is 11.5 Å². The fourth-order valence-electron chi connectivity index (χ4n) is 6.98. The Kier molecular flexibility index (Phi) is 30.0. The zero-order valence-electron chi connectivity index (χ0n) is 40.5. The number of hydrogen-bond donors (Lipinski definition) is 2. The molecular weight excluding hydrogens is 745 g/mol. The molecule has 0 fully saturated rings. The lowest BCUT2D eigenvalue weighted by Crippen LogP contribution is -2.26. The second-order valence-electron chi connectivity index (χ2n) is 18.2. The average Bonchev–Trinajstić information content (AvgIpc) is 3.16. The summed E-state index contributed by atoms with van der Waals surface area (Å²) in [5, 5.41) is 21.1. The van der Waals surface area contributed by atoms with Crippen LogP contribution in [0.2, 0.25) is 0 Å². The Morgan fingerprint density at radius 3 is 1.43 bits per heavy atom. The zero-order chi connectivity index (χ0) is 45.8. The number of ketones is 4. The maximum absolute atomic E-state index is 12.9. The number of rotatable bonds is 24. The van der Waals surface area contributed by atoms with Gasteiger partial charge in [-0.2, -0.15) is 0 Å². The van der Waals surface area contributed by atoms with E-state index in [4.69, 9.17) is 0 Å². The minimum atomic E-state index is -0.514. The van der Waals surface area contributed by atoms with Crippen LogP contribution in [0, 0.1) is 11.8 Å². The van der Waals surface area contributed by atoms with E-state index >= 15 is 0 Å². The van der Waals surface area contributed by atoms with Gasteiger partial charge in [-0.15, -0.1) is 0 Å². The lowest BCUT2D eigenvalue weighted by Gasteiger charge is -2.22. The van der Waals surface area contributed by atoms with Crippen LogP contribution in [0.5, 0.6) is 0 Å². The van der Waals surface area contributed by atoms with E-state index in [0.29, 0.717) is 49.2 Å². The number of aliphatic hydroxyl groups is 2. The standard InChI is InChI=1S/C27H42O3.C21H30O3.C6H14/c1-7-8-9-15-23-22(16-11-13-20(4)5)25(28)24(27(30)26(23)29)18-17-21(6)14-10-12-19(2)3;1-5-6-7-11-17-14-19(22)18(21(24)20(17)23)13-12-16(4)10-8-9-15(2)3;1-4-5-6(2)3/h12,17,20,28H,7-11,13-16,18H2,1-6H3;9,12,14,24H,5-8,10-11,13H2,1-4H3;6H,4-5H2,1-3H3/b21-17+;16-12+;. The molecule has 2 aliphatic rings. The van der Waals surface area contributed by atoms with Crippen LogP contribution in [0.1, 0.15) is 212 Å². The van der Waals surface area contributed by atoms with Crippen LogP contribution in [0.15, 0.2) is 92.1 Å². The van der Waals surface area contributed by atoms with Gasteiger partial charge in [-0.05, 0) is 137 Å². The first-order valence-corrected chi connectivity index (χ1v) is 23.4. The molecular formula is C54H86O6. The third-order valence-corrected chi connectivity index (χ3v) is 10.7. The van der Waals surface area contributed by atoms with Crippen molar-refractivity contribution in [1.29, 1.82) is 0 Å². The third kappa shape index (κ3) is 23.3. The Morgan fingerprint density at radius 1 is 0.517 bits per heavy atom. The predicted molar refractivity (Wildman–Crippen MR) is 255 cm³/mol. The number of allylic oxidation sites excluding steroid dienone is 14. The Hall–Kier alpha value is -3.80. The van der Waals surface area contributed by atoms with Gasteiger partial charge in [-0.3, -0.25) is 19.2 Å². The second-order valence-corrected chi connectivity index (χ2v) is 18.2. The number of hydrogen-bond acceptors (Lipinski definition) is 6. The first-order valence-electron chi connectivity index (χ1n) is 23.4. The highest BCUT2D eigenvalue weighted by Gasteiger charge is 2.33. The predicted octanol–water partition coefficient (Wildman–Crippen LogP) is 15.7. The van der Waals surface area contributed by atoms with Crippen molar-refractivity contribution in [3.05, 3.63) is 92.1 Å². The van der Waals surface area contributed by atoms with Crippen molar-refractivity contribution >= 4 is 23.1 Å². The van der Waals surface area contributed by atoms with E-state index in [2.05, 4.69) is 88.3 Å². The number of carbonyl (C=O) groups excluding carboxylic acids is 4. The monoisotopic (exact) mass is 831 g/mol. The molecule has 0 bridgehead atoms. The normalized spacial score (nSPS) is 15.0. The van der Waals surface area contributed by atoms with E-state index in [1.165, 1.54) is 35.6 Å². The molecule has 0 amide bonds. The van der Waals surface area contributed by atoms with Crippen LogP contribution in [0.4, 0.5) is 0 Å². The summed E-state index contributed by atoms with van der Waals surface area (Å²) in [5.74, 6) is -0.329. The molecule has 0 spiro atoms. The SMILES string of the molecule is CCCC(C)C.CCCCCC1=C(CCCC(C)C)C(O)=C(C/C=C(\C)CCC=C(C)C)C(=O)C1=O.CCCCCC1=CC(=O)C(C/C=C(\C)CCC=C(C)C)=C(O)C1=O. The number of unbranched alkanes of at least 4 members (excludes halogenated alkanes) is 4. The van der Waals surface area contributed by atoms with Crippen LogP contribution in [-0.2, 0) is 19.2 Å². The number of Topliss-reactive ketones (excluding diaryl/α,β-unsaturated/α-hetero) is 3. The molecule has 6 heteroatoms. The Balaban J connectivity index is 0.00000104. The van der Waals surface area contributed by atoms with Gasteiger partial charge in [0.25, 0.3) is 0 Å². The number of carbonyl (C=O) groups is 4. The van der Waals surface area contributed by atoms with Crippen molar-refractivity contribution in [3.8, 4) is 0 Å². The Labute approximate surface area is 367 Å². The summed E-state index contributed by atoms with van der Waals surface area (Å²) in [6.45, 7) is 27.6. The van der Waals surface area contributed by atoms with Gasteiger partial charge in [0.05, 0.1) is 0 Å². The van der Waals surface area contributed by atoms with Crippen LogP contribution in [-0.4, -0.2) is 33.3 Å². The van der Waals surface area contributed by atoms with E-state index in [0.717, 1.165) is 94.1 Å². The van der Waals surface area contributed by atoms with E-state index < -0.39 is 11.6 Å². The lowest BCUT2D eigenvalue weighted by atomic mass is 9.82. The molecule has 0 aliphatic heterocycles. The largest absolute Gasteiger partial charge is 0.507 e. The summed E-state index contributed by atoms with van der Waals surface area (Å²) >= 11 is 0. The minimum Gasteiger partial charge on any atom is -0.507 e. The van der Waals surface area contributed by atoms with E-state index in [1.807, 2.05) is 26.0 Å². The molecule has 60 heavy (non-hydrogen) atoms. The van der Waals surface area contributed by atoms with Crippen LogP contribution in [0.3, 0.4) is 0 Å². The molecule has 0 aromatic carbocycles. The topological polar surface area (TPSA) is 109 Å². The van der Waals surface area contributed by atoms with E-state index in [-0.39, 0.29) is 34.2 Å². The fourth-order valence-corrected chi connectivity index (χ4v) is 6.98. The molecule has 0 aromatic rings. The molecule has 0 heterocycles. The summed E-state index contributed by atoms with van der Waals surface area (Å²) in [6, 6.07) is 0. The lowest BCUT2D eigenvalue weighted by molar-refractivity contribution is -0.132. The molecule has 0 saturated carbocycles. The molecule has 0 radical (unpaired) electrons. The van der Waals surface area contributed by atoms with Gasteiger partial charge >= 0.3 is 0 Å². The summed E-state index contributed by atoms with van der Waals surface area (Å²) in [4.78, 5) is 50.1. The number of aliphatic hydroxyl groups excluding tert-OH is 2. The third-order valence-electron chi connectivity index (χ3n) is 10.7. The Bertz CT molecular complexity index is 1640. The van der Waals surface area contributed by atoms with E-state index in [1.54, 1.807) is 0 Å². The van der Waals surface area contributed by atoms with Gasteiger partial charge in [-0.25, -0.2) is 0 Å². The molecule has 0 unspecified atom stereocenters. The molecule has 2 rings (SSSR count). The molecule has 0 atom stereocenters. The van der Waals surface area contributed by atoms with Gasteiger partial charge in [0, 0.05) is 27.9 Å². The summed E-state index contributed by atoms with van der Waals surface area (Å²) in [6.07, 6.45) is 26.5. The summed E-state index contributed by atoms with van der Waals surface area (Å²) < 4.78 is 0. The maximum atomic E-state index is 12.9.